The highest BCUT2D eigenvalue weighted by atomic mass is 16.1. The summed E-state index contributed by atoms with van der Waals surface area (Å²) in [4.78, 5) is 15.8. The number of nitrogens with zero attached hydrogens (tertiary/aromatic N) is 1. The van der Waals surface area contributed by atoms with E-state index in [1.165, 1.54) is 0 Å². The van der Waals surface area contributed by atoms with Gasteiger partial charge in [0.15, 0.2) is 0 Å². The molecule has 0 amide bonds. The third-order valence-corrected chi connectivity index (χ3v) is 3.58. The van der Waals surface area contributed by atoms with Crippen LogP contribution in [0.15, 0.2) is 72.3 Å². The van der Waals surface area contributed by atoms with E-state index in [4.69, 9.17) is 0 Å². The lowest BCUT2D eigenvalue weighted by Crippen LogP contribution is -1.94. The van der Waals surface area contributed by atoms with E-state index >= 15 is 0 Å². The number of pyridine rings is 1. The predicted molar refractivity (Wildman–Crippen MR) is 90.2 cm³/mol. The fourth-order valence-electron chi connectivity index (χ4n) is 2.41. The lowest BCUT2D eigenvalue weighted by molar-refractivity contribution is 0.560. The van der Waals surface area contributed by atoms with Gasteiger partial charge in [-0.3, -0.25) is 9.78 Å². The molecule has 0 atom stereocenters. The molecule has 0 fully saturated rings. The van der Waals surface area contributed by atoms with Gasteiger partial charge in [0, 0.05) is 16.7 Å². The Kier molecular flexibility index (Phi) is 4.40. The average Bonchev–Trinajstić information content (AvgIpc) is 2.59. The molecule has 1 radical (unpaired) electrons. The average molecular weight is 286 g/mol. The molecule has 1 aromatic heterocycles. The van der Waals surface area contributed by atoms with E-state index in [9.17, 15) is 4.79 Å². The van der Waals surface area contributed by atoms with Gasteiger partial charge in [0.25, 0.3) is 0 Å². The van der Waals surface area contributed by atoms with Crippen molar-refractivity contribution in [3.8, 4) is 0 Å². The second-order valence-electron chi connectivity index (χ2n) is 5.18. The molecule has 0 N–H and O–H groups in total. The number of hydrogen-bond acceptors (Lipinski definition) is 2. The summed E-state index contributed by atoms with van der Waals surface area (Å²) in [7, 11) is 0. The maximum atomic E-state index is 11.1. The van der Waals surface area contributed by atoms with E-state index in [2.05, 4.69) is 11.1 Å². The van der Waals surface area contributed by atoms with Crippen LogP contribution in [0.5, 0.6) is 0 Å². The van der Waals surface area contributed by atoms with Gasteiger partial charge in [0.05, 0.1) is 5.52 Å². The SMILES string of the molecule is O=[C]C(=Cc1ccccc1)CCc1ccc2ccccc2n1. The van der Waals surface area contributed by atoms with E-state index in [0.717, 1.165) is 28.6 Å². The quantitative estimate of drug-likeness (QED) is 0.652. The highest BCUT2D eigenvalue weighted by Gasteiger charge is 2.02. The van der Waals surface area contributed by atoms with Crippen molar-refractivity contribution in [3.63, 3.8) is 0 Å². The Hall–Kier alpha value is -2.74. The molecule has 0 aliphatic carbocycles. The summed E-state index contributed by atoms with van der Waals surface area (Å²) in [5.41, 5.74) is 3.67. The minimum atomic E-state index is 0.643. The molecule has 2 heteroatoms. The van der Waals surface area contributed by atoms with Gasteiger partial charge in [-0.25, -0.2) is 0 Å². The monoisotopic (exact) mass is 286 g/mol. The Morgan fingerprint density at radius 1 is 0.955 bits per heavy atom. The van der Waals surface area contributed by atoms with Crippen LogP contribution < -0.4 is 0 Å². The van der Waals surface area contributed by atoms with Crippen molar-refractivity contribution in [2.24, 2.45) is 0 Å². The molecule has 1 heterocycles. The Morgan fingerprint density at radius 3 is 2.55 bits per heavy atom. The molecule has 0 aliphatic heterocycles. The Bertz CT molecular complexity index is 806. The standard InChI is InChI=1S/C20H16NO/c22-15-17(14-16-6-2-1-3-7-16)10-12-19-13-11-18-8-4-5-9-20(18)21-19/h1-9,11,13-14H,10,12H2. The van der Waals surface area contributed by atoms with Gasteiger partial charge in [0.1, 0.15) is 0 Å². The van der Waals surface area contributed by atoms with Crippen LogP contribution in [0, 0.1) is 0 Å². The largest absolute Gasteiger partial charge is 0.285 e. The van der Waals surface area contributed by atoms with Crippen LogP contribution in [0.3, 0.4) is 0 Å². The lowest BCUT2D eigenvalue weighted by atomic mass is 10.1. The summed E-state index contributed by atoms with van der Waals surface area (Å²) in [6.45, 7) is 0. The molecule has 0 aliphatic rings. The normalized spacial score (nSPS) is 11.5. The molecule has 22 heavy (non-hydrogen) atoms. The molecular weight excluding hydrogens is 270 g/mol. The van der Waals surface area contributed by atoms with Gasteiger partial charge in [-0.2, -0.15) is 0 Å². The van der Waals surface area contributed by atoms with E-state index in [1.54, 1.807) is 0 Å². The van der Waals surface area contributed by atoms with Gasteiger partial charge in [-0.05, 0) is 36.6 Å². The van der Waals surface area contributed by atoms with Gasteiger partial charge in [0.2, 0.25) is 6.29 Å². The van der Waals surface area contributed by atoms with Gasteiger partial charge in [-0.15, -0.1) is 0 Å². The van der Waals surface area contributed by atoms with E-state index in [0.29, 0.717) is 12.0 Å². The molecule has 2 aromatic carbocycles. The van der Waals surface area contributed by atoms with E-state index < -0.39 is 0 Å². The fourth-order valence-corrected chi connectivity index (χ4v) is 2.41. The van der Waals surface area contributed by atoms with Gasteiger partial charge in [-0.1, -0.05) is 54.6 Å². The van der Waals surface area contributed by atoms with Crippen LogP contribution in [0.2, 0.25) is 0 Å². The van der Waals surface area contributed by atoms with Crippen molar-refractivity contribution in [1.29, 1.82) is 0 Å². The molecule has 2 nitrogen and oxygen atoms in total. The van der Waals surface area contributed by atoms with Crippen molar-refractivity contribution in [2.75, 3.05) is 0 Å². The third-order valence-electron chi connectivity index (χ3n) is 3.58. The molecule has 107 valence electrons. The highest BCUT2D eigenvalue weighted by molar-refractivity contribution is 5.82. The molecule has 3 aromatic rings. The number of benzene rings is 2. The Labute approximate surface area is 130 Å². The number of fused-ring (bicyclic) bond motifs is 1. The first-order valence-electron chi connectivity index (χ1n) is 7.33. The first kappa shape index (κ1) is 14.2. The summed E-state index contributed by atoms with van der Waals surface area (Å²) in [6.07, 6.45) is 5.30. The zero-order chi connectivity index (χ0) is 15.2. The highest BCUT2D eigenvalue weighted by Crippen LogP contribution is 2.15. The fraction of sp³-hybridized carbons (Fsp3) is 0.100. The molecule has 0 spiro atoms. The summed E-state index contributed by atoms with van der Waals surface area (Å²) in [6, 6.07) is 22.0. The van der Waals surface area contributed by atoms with E-state index in [1.807, 2.05) is 73.0 Å². The number of aromatic nitrogens is 1. The summed E-state index contributed by atoms with van der Waals surface area (Å²) < 4.78 is 0. The zero-order valence-corrected chi connectivity index (χ0v) is 12.2. The van der Waals surface area contributed by atoms with Crippen LogP contribution in [-0.2, 0) is 11.2 Å². The van der Waals surface area contributed by atoms with Crippen LogP contribution >= 0.6 is 0 Å². The smallest absolute Gasteiger partial charge is 0.229 e. The number of carbonyl (C=O) groups excluding carboxylic acids is 1. The molecule has 3 rings (SSSR count). The minimum Gasteiger partial charge on any atom is -0.285 e. The van der Waals surface area contributed by atoms with Crippen molar-refractivity contribution in [3.05, 3.63) is 83.6 Å². The second kappa shape index (κ2) is 6.81. The van der Waals surface area contributed by atoms with Crippen molar-refractivity contribution >= 4 is 23.3 Å². The summed E-state index contributed by atoms with van der Waals surface area (Å²) in [5.74, 6) is 0. The third kappa shape index (κ3) is 3.47. The first-order chi connectivity index (χ1) is 10.8. The second-order valence-corrected chi connectivity index (χ2v) is 5.18. The number of rotatable bonds is 5. The van der Waals surface area contributed by atoms with Gasteiger partial charge >= 0.3 is 0 Å². The minimum absolute atomic E-state index is 0.643. The lowest BCUT2D eigenvalue weighted by Gasteiger charge is -2.03. The summed E-state index contributed by atoms with van der Waals surface area (Å²) in [5, 5.41) is 1.13. The summed E-state index contributed by atoms with van der Waals surface area (Å²) >= 11 is 0. The van der Waals surface area contributed by atoms with Crippen molar-refractivity contribution in [1.82, 2.24) is 4.98 Å². The number of aryl methyl sites for hydroxylation is 1. The van der Waals surface area contributed by atoms with Gasteiger partial charge < -0.3 is 0 Å². The Morgan fingerprint density at radius 2 is 1.73 bits per heavy atom. The predicted octanol–water partition coefficient (Wildman–Crippen LogP) is 4.36. The number of allylic oxidation sites excluding steroid dienone is 1. The molecule has 0 bridgehead atoms. The molecule has 0 saturated heterocycles. The maximum Gasteiger partial charge on any atom is 0.229 e. The number of hydrogen-bond donors (Lipinski definition) is 0. The molecule has 0 unspecified atom stereocenters. The maximum absolute atomic E-state index is 11.1. The number of para-hydroxylation sites is 1. The van der Waals surface area contributed by atoms with Crippen molar-refractivity contribution < 1.29 is 4.79 Å². The topological polar surface area (TPSA) is 30.0 Å². The van der Waals surface area contributed by atoms with Crippen LogP contribution in [-0.4, -0.2) is 11.3 Å². The molecule has 0 saturated carbocycles. The van der Waals surface area contributed by atoms with Crippen LogP contribution in [0.4, 0.5) is 0 Å². The molecular formula is C20H16NO. The van der Waals surface area contributed by atoms with Crippen molar-refractivity contribution in [2.45, 2.75) is 12.8 Å². The van der Waals surface area contributed by atoms with E-state index in [-0.39, 0.29) is 0 Å². The van der Waals surface area contributed by atoms with Crippen LogP contribution in [0.25, 0.3) is 17.0 Å². The Balaban J connectivity index is 1.74. The van der Waals surface area contributed by atoms with Crippen LogP contribution in [0.1, 0.15) is 17.7 Å². The zero-order valence-electron chi connectivity index (χ0n) is 12.2. The first-order valence-corrected chi connectivity index (χ1v) is 7.33.